The number of benzene rings is 2. The number of hydrogen-bond donors (Lipinski definition) is 2. The van der Waals surface area contributed by atoms with E-state index in [4.69, 9.17) is 26.7 Å². The van der Waals surface area contributed by atoms with Crippen LogP contribution >= 0.6 is 22.9 Å². The number of thiazole rings is 1. The zero-order valence-electron chi connectivity index (χ0n) is 16.3. The first-order valence-corrected chi connectivity index (χ1v) is 10.3. The van der Waals surface area contributed by atoms with E-state index in [0.717, 1.165) is 16.1 Å². The second-order valence-corrected chi connectivity index (χ2v) is 8.50. The number of amidine groups is 1. The Labute approximate surface area is 178 Å². The van der Waals surface area contributed by atoms with Crippen LogP contribution in [0.4, 0.5) is 5.69 Å². The Kier molecular flexibility index (Phi) is 5.06. The highest BCUT2D eigenvalue weighted by molar-refractivity contribution is 7.13. The van der Waals surface area contributed by atoms with Crippen LogP contribution in [0.5, 0.6) is 5.75 Å². The van der Waals surface area contributed by atoms with Crippen molar-refractivity contribution in [1.29, 1.82) is 5.41 Å². The van der Waals surface area contributed by atoms with Gasteiger partial charge in [0.15, 0.2) is 0 Å². The van der Waals surface area contributed by atoms with Crippen molar-refractivity contribution in [1.82, 2.24) is 4.98 Å². The summed E-state index contributed by atoms with van der Waals surface area (Å²) < 4.78 is 5.42. The van der Waals surface area contributed by atoms with Gasteiger partial charge >= 0.3 is 0 Å². The van der Waals surface area contributed by atoms with Gasteiger partial charge in [-0.1, -0.05) is 41.4 Å². The fraction of sp³-hybridized carbons (Fsp3) is 0.182. The minimum absolute atomic E-state index is 0.112. The summed E-state index contributed by atoms with van der Waals surface area (Å²) in [6.07, 6.45) is 0. The number of nitrogens with zero attached hydrogens (tertiary/aromatic N) is 2. The molecule has 2 heterocycles. The number of methoxy groups -OCH3 is 1. The molecule has 2 aromatic carbocycles. The summed E-state index contributed by atoms with van der Waals surface area (Å²) in [6, 6.07) is 13.4. The molecule has 1 aliphatic rings. The van der Waals surface area contributed by atoms with Gasteiger partial charge in [0.05, 0.1) is 30.6 Å². The lowest BCUT2D eigenvalue weighted by Crippen LogP contribution is -2.26. The molecule has 7 heteroatoms. The standard InChI is InChI=1S/C22H20ClN3O2S/c1-12-4-6-14(7-5-12)20-13(2)29-22(25-20)19-17(27)11-26(21(19)24)16-10-15(23)8-9-18(16)28-3/h4-10,24,27H,11H2,1-3H3. The van der Waals surface area contributed by atoms with Gasteiger partial charge in [0, 0.05) is 15.5 Å². The smallest absolute Gasteiger partial charge is 0.142 e. The van der Waals surface area contributed by atoms with Crippen molar-refractivity contribution in [2.75, 3.05) is 18.6 Å². The second-order valence-electron chi connectivity index (χ2n) is 6.86. The number of nitrogens with one attached hydrogen (secondary N) is 1. The van der Waals surface area contributed by atoms with Gasteiger partial charge in [-0.2, -0.15) is 0 Å². The van der Waals surface area contributed by atoms with Gasteiger partial charge in [0.1, 0.15) is 22.4 Å². The molecule has 0 unspecified atom stereocenters. The molecule has 5 nitrogen and oxygen atoms in total. The fourth-order valence-electron chi connectivity index (χ4n) is 3.37. The van der Waals surface area contributed by atoms with E-state index in [1.54, 1.807) is 30.2 Å². The molecule has 29 heavy (non-hydrogen) atoms. The minimum Gasteiger partial charge on any atom is -0.510 e. The molecule has 1 aromatic heterocycles. The Balaban J connectivity index is 1.71. The number of aliphatic hydroxyl groups excluding tert-OH is 1. The van der Waals surface area contributed by atoms with Crippen LogP contribution in [0.15, 0.2) is 48.2 Å². The van der Waals surface area contributed by atoms with E-state index in [9.17, 15) is 5.11 Å². The normalized spacial score (nSPS) is 14.1. The number of anilines is 1. The summed E-state index contributed by atoms with van der Waals surface area (Å²) in [5.41, 5.74) is 4.16. The molecule has 148 valence electrons. The average molecular weight is 426 g/mol. The zero-order chi connectivity index (χ0) is 20.7. The van der Waals surface area contributed by atoms with Crippen LogP contribution in [0.25, 0.3) is 16.8 Å². The largest absolute Gasteiger partial charge is 0.510 e. The molecular formula is C22H20ClN3O2S. The molecule has 1 aliphatic heterocycles. The minimum atomic E-state index is 0.112. The molecule has 0 radical (unpaired) electrons. The van der Waals surface area contributed by atoms with E-state index in [1.165, 1.54) is 16.9 Å². The maximum atomic E-state index is 10.7. The first-order chi connectivity index (χ1) is 13.9. The lowest BCUT2D eigenvalue weighted by molar-refractivity contribution is 0.407. The topological polar surface area (TPSA) is 69.4 Å². The maximum absolute atomic E-state index is 10.7. The number of hydrogen-bond acceptors (Lipinski definition) is 5. The van der Waals surface area contributed by atoms with E-state index in [1.807, 2.05) is 26.0 Å². The molecule has 0 atom stereocenters. The number of aromatic nitrogens is 1. The highest BCUT2D eigenvalue weighted by Crippen LogP contribution is 2.40. The number of aryl methyl sites for hydroxylation is 2. The third-order valence-corrected chi connectivity index (χ3v) is 6.09. The fourth-order valence-corrected chi connectivity index (χ4v) is 4.54. The Bertz CT molecular complexity index is 1140. The van der Waals surface area contributed by atoms with Gasteiger partial charge in [0.2, 0.25) is 0 Å². The highest BCUT2D eigenvalue weighted by Gasteiger charge is 2.33. The van der Waals surface area contributed by atoms with Gasteiger partial charge in [-0.05, 0) is 32.0 Å². The van der Waals surface area contributed by atoms with Gasteiger partial charge in [-0.3, -0.25) is 5.41 Å². The van der Waals surface area contributed by atoms with E-state index in [0.29, 0.717) is 27.0 Å². The SMILES string of the molecule is COc1ccc(Cl)cc1N1CC(O)=C(c2nc(-c3ccc(C)cc3)c(C)s2)C1=N. The highest BCUT2D eigenvalue weighted by atomic mass is 35.5. The summed E-state index contributed by atoms with van der Waals surface area (Å²) in [4.78, 5) is 7.47. The van der Waals surface area contributed by atoms with E-state index in [2.05, 4.69) is 12.1 Å². The van der Waals surface area contributed by atoms with Crippen LogP contribution in [0.2, 0.25) is 5.02 Å². The molecule has 0 bridgehead atoms. The predicted molar refractivity (Wildman–Crippen MR) is 120 cm³/mol. The monoisotopic (exact) mass is 425 g/mol. The van der Waals surface area contributed by atoms with Crippen LogP contribution < -0.4 is 9.64 Å². The molecule has 2 N–H and O–H groups in total. The molecule has 0 saturated carbocycles. The summed E-state index contributed by atoms with van der Waals surface area (Å²) in [6.45, 7) is 4.22. The van der Waals surface area contributed by atoms with Crippen molar-refractivity contribution in [2.24, 2.45) is 0 Å². The van der Waals surface area contributed by atoms with Crippen molar-refractivity contribution in [2.45, 2.75) is 13.8 Å². The quantitative estimate of drug-likeness (QED) is 0.549. The predicted octanol–water partition coefficient (Wildman–Crippen LogP) is 5.86. The van der Waals surface area contributed by atoms with Crippen LogP contribution in [-0.2, 0) is 0 Å². The number of halogens is 1. The summed E-state index contributed by atoms with van der Waals surface area (Å²) >= 11 is 7.63. The molecular weight excluding hydrogens is 406 g/mol. The van der Waals surface area contributed by atoms with Crippen molar-refractivity contribution in [3.63, 3.8) is 0 Å². The Hall–Kier alpha value is -2.83. The second kappa shape index (κ2) is 7.54. The maximum Gasteiger partial charge on any atom is 0.142 e. The van der Waals surface area contributed by atoms with Crippen LogP contribution in [0, 0.1) is 19.3 Å². The first kappa shape index (κ1) is 19.5. The number of ether oxygens (including phenoxy) is 1. The first-order valence-electron chi connectivity index (χ1n) is 9.06. The van der Waals surface area contributed by atoms with Crippen molar-refractivity contribution in [3.8, 4) is 17.0 Å². The zero-order valence-corrected chi connectivity index (χ0v) is 17.9. The van der Waals surface area contributed by atoms with E-state index >= 15 is 0 Å². The molecule has 0 spiro atoms. The summed E-state index contributed by atoms with van der Waals surface area (Å²) in [5.74, 6) is 0.873. The van der Waals surface area contributed by atoms with Crippen LogP contribution in [-0.4, -0.2) is 29.6 Å². The van der Waals surface area contributed by atoms with Gasteiger partial charge < -0.3 is 14.7 Å². The van der Waals surface area contributed by atoms with Gasteiger partial charge in [-0.15, -0.1) is 11.3 Å². The number of rotatable bonds is 4. The Morgan fingerprint density at radius 2 is 1.90 bits per heavy atom. The van der Waals surface area contributed by atoms with Crippen molar-refractivity contribution in [3.05, 3.63) is 68.7 Å². The van der Waals surface area contributed by atoms with E-state index in [-0.39, 0.29) is 18.1 Å². The van der Waals surface area contributed by atoms with Gasteiger partial charge in [0.25, 0.3) is 0 Å². The molecule has 0 fully saturated rings. The Morgan fingerprint density at radius 3 is 2.59 bits per heavy atom. The summed E-state index contributed by atoms with van der Waals surface area (Å²) in [7, 11) is 1.57. The third kappa shape index (κ3) is 3.50. The molecule has 4 rings (SSSR count). The average Bonchev–Trinajstić information content (AvgIpc) is 3.21. The lowest BCUT2D eigenvalue weighted by Gasteiger charge is -2.21. The molecule has 0 saturated heterocycles. The van der Waals surface area contributed by atoms with Crippen LogP contribution in [0.3, 0.4) is 0 Å². The van der Waals surface area contributed by atoms with Gasteiger partial charge in [-0.25, -0.2) is 4.98 Å². The molecule has 0 amide bonds. The molecule has 0 aliphatic carbocycles. The number of aliphatic hydroxyl groups is 1. The third-order valence-electron chi connectivity index (χ3n) is 4.87. The van der Waals surface area contributed by atoms with E-state index < -0.39 is 0 Å². The summed E-state index contributed by atoms with van der Waals surface area (Å²) in [5, 5.41) is 20.5. The Morgan fingerprint density at radius 1 is 1.17 bits per heavy atom. The van der Waals surface area contributed by atoms with Crippen LogP contribution in [0.1, 0.15) is 15.4 Å². The van der Waals surface area contributed by atoms with Crippen molar-refractivity contribution < 1.29 is 9.84 Å². The lowest BCUT2D eigenvalue weighted by atomic mass is 10.1. The van der Waals surface area contributed by atoms with Crippen molar-refractivity contribution >= 4 is 40.0 Å². The molecule has 3 aromatic rings.